The molecule has 0 aliphatic heterocycles. The maximum absolute atomic E-state index is 13.4. The minimum absolute atomic E-state index is 0.261. The third-order valence-corrected chi connectivity index (χ3v) is 3.19. The number of nitrogens with one attached hydrogen (secondary N) is 1. The molecule has 0 saturated carbocycles. The van der Waals surface area contributed by atoms with Gasteiger partial charge in [0, 0.05) is 5.69 Å². The van der Waals surface area contributed by atoms with Gasteiger partial charge in [0.25, 0.3) is 0 Å². The van der Waals surface area contributed by atoms with Crippen LogP contribution in [-0.4, -0.2) is 11.1 Å². The van der Waals surface area contributed by atoms with E-state index in [-0.39, 0.29) is 16.9 Å². The van der Waals surface area contributed by atoms with Gasteiger partial charge in [0.15, 0.2) is 0 Å². The lowest BCUT2D eigenvalue weighted by Gasteiger charge is -2.13. The Morgan fingerprint density at radius 1 is 1.20 bits per heavy atom. The second kappa shape index (κ2) is 5.21. The Labute approximate surface area is 116 Å². The number of aromatic carboxylic acids is 1. The average Bonchev–Trinajstić information content (AvgIpc) is 2.38. The van der Waals surface area contributed by atoms with Crippen LogP contribution in [-0.2, 0) is 0 Å². The smallest absolute Gasteiger partial charge is 0.340 e. The summed E-state index contributed by atoms with van der Waals surface area (Å²) in [5, 5.41) is 12.1. The lowest BCUT2D eigenvalue weighted by atomic mass is 10.1. The van der Waals surface area contributed by atoms with Gasteiger partial charge in [-0.15, -0.1) is 0 Å². The topological polar surface area (TPSA) is 75.3 Å². The summed E-state index contributed by atoms with van der Waals surface area (Å²) in [7, 11) is 0. The summed E-state index contributed by atoms with van der Waals surface area (Å²) in [5.74, 6) is -2.01. The molecule has 0 aliphatic carbocycles. The van der Waals surface area contributed by atoms with Crippen LogP contribution >= 0.6 is 0 Å². The molecule has 2 aromatic carbocycles. The van der Waals surface area contributed by atoms with Crippen molar-refractivity contribution in [2.45, 2.75) is 13.8 Å². The summed E-state index contributed by atoms with van der Waals surface area (Å²) >= 11 is 0. The minimum atomic E-state index is -1.27. The quantitative estimate of drug-likeness (QED) is 0.749. The Bertz CT molecular complexity index is 684. The van der Waals surface area contributed by atoms with E-state index in [0.717, 1.165) is 22.9 Å². The number of rotatable bonds is 3. The summed E-state index contributed by atoms with van der Waals surface area (Å²) in [4.78, 5) is 11.2. The number of carboxylic acid groups (broad SMARTS) is 1. The van der Waals surface area contributed by atoms with Crippen LogP contribution in [0.3, 0.4) is 0 Å². The van der Waals surface area contributed by atoms with Gasteiger partial charge >= 0.3 is 5.97 Å². The van der Waals surface area contributed by atoms with Crippen molar-refractivity contribution in [3.63, 3.8) is 0 Å². The largest absolute Gasteiger partial charge is 0.478 e. The van der Waals surface area contributed by atoms with Crippen molar-refractivity contribution in [3.05, 3.63) is 52.8 Å². The zero-order valence-electron chi connectivity index (χ0n) is 11.2. The first kappa shape index (κ1) is 13.9. The molecule has 0 heterocycles. The molecule has 4 nitrogen and oxygen atoms in total. The summed E-state index contributed by atoms with van der Waals surface area (Å²) in [5.41, 5.74) is 8.06. The van der Waals surface area contributed by atoms with Gasteiger partial charge in [-0.05, 0) is 49.2 Å². The highest BCUT2D eigenvalue weighted by molar-refractivity contribution is 6.00. The highest BCUT2D eigenvalue weighted by atomic mass is 19.1. The minimum Gasteiger partial charge on any atom is -0.478 e. The number of nitrogens with two attached hydrogens (primary N) is 1. The fourth-order valence-corrected chi connectivity index (χ4v) is 1.90. The van der Waals surface area contributed by atoms with Crippen LogP contribution in [0.5, 0.6) is 0 Å². The highest BCUT2D eigenvalue weighted by Crippen LogP contribution is 2.28. The summed E-state index contributed by atoms with van der Waals surface area (Å²) in [6.07, 6.45) is 0. The van der Waals surface area contributed by atoms with Crippen molar-refractivity contribution in [2.24, 2.45) is 0 Å². The molecular formula is C15H15FN2O2. The number of carboxylic acids is 1. The van der Waals surface area contributed by atoms with Crippen LogP contribution in [0.2, 0.25) is 0 Å². The molecule has 104 valence electrons. The van der Waals surface area contributed by atoms with Crippen molar-refractivity contribution in [1.29, 1.82) is 0 Å². The van der Waals surface area contributed by atoms with Gasteiger partial charge in [0.05, 0.1) is 11.4 Å². The molecular weight excluding hydrogens is 259 g/mol. The average molecular weight is 274 g/mol. The second-order valence-electron chi connectivity index (χ2n) is 4.61. The lowest BCUT2D eigenvalue weighted by molar-refractivity contribution is 0.0698. The Morgan fingerprint density at radius 3 is 2.50 bits per heavy atom. The normalized spacial score (nSPS) is 10.3. The van der Waals surface area contributed by atoms with E-state index in [1.807, 2.05) is 32.0 Å². The van der Waals surface area contributed by atoms with Crippen molar-refractivity contribution in [1.82, 2.24) is 0 Å². The van der Waals surface area contributed by atoms with E-state index >= 15 is 0 Å². The Balaban J connectivity index is 2.45. The fraction of sp³-hybridized carbons (Fsp3) is 0.133. The molecule has 20 heavy (non-hydrogen) atoms. The predicted molar refractivity (Wildman–Crippen MR) is 77.0 cm³/mol. The molecule has 0 bridgehead atoms. The molecule has 0 spiro atoms. The van der Waals surface area contributed by atoms with Crippen molar-refractivity contribution >= 4 is 23.0 Å². The molecule has 0 unspecified atom stereocenters. The maximum atomic E-state index is 13.4. The molecule has 0 saturated heterocycles. The summed E-state index contributed by atoms with van der Waals surface area (Å²) in [6.45, 7) is 3.94. The van der Waals surface area contributed by atoms with Gasteiger partial charge in [0.2, 0.25) is 0 Å². The van der Waals surface area contributed by atoms with E-state index < -0.39 is 11.8 Å². The van der Waals surface area contributed by atoms with Crippen molar-refractivity contribution in [2.75, 3.05) is 11.1 Å². The third kappa shape index (κ3) is 2.56. The number of hydrogen-bond acceptors (Lipinski definition) is 3. The number of nitrogen functional groups attached to an aromatic ring is 1. The first-order valence-corrected chi connectivity index (χ1v) is 6.05. The first-order chi connectivity index (χ1) is 9.40. The van der Waals surface area contributed by atoms with Gasteiger partial charge in [-0.2, -0.15) is 0 Å². The Morgan fingerprint density at radius 2 is 1.90 bits per heavy atom. The van der Waals surface area contributed by atoms with Crippen LogP contribution in [0.25, 0.3) is 0 Å². The summed E-state index contributed by atoms with van der Waals surface area (Å²) in [6, 6.07) is 8.15. The second-order valence-corrected chi connectivity index (χ2v) is 4.61. The fourth-order valence-electron chi connectivity index (χ4n) is 1.90. The van der Waals surface area contributed by atoms with E-state index in [4.69, 9.17) is 10.8 Å². The molecule has 2 aromatic rings. The standard InChI is InChI=1S/C15H15FN2O2/c1-8-3-4-10(7-9(8)2)18-12-6-5-11(16)14(17)13(12)15(19)20/h3-7,18H,17H2,1-2H3,(H,19,20). The Kier molecular flexibility index (Phi) is 3.61. The van der Waals surface area contributed by atoms with Gasteiger partial charge in [-0.1, -0.05) is 6.07 Å². The molecule has 4 N–H and O–H groups in total. The molecule has 0 fully saturated rings. The highest BCUT2D eigenvalue weighted by Gasteiger charge is 2.17. The summed E-state index contributed by atoms with van der Waals surface area (Å²) < 4.78 is 13.4. The number of anilines is 3. The zero-order chi connectivity index (χ0) is 14.9. The lowest BCUT2D eigenvalue weighted by Crippen LogP contribution is -2.08. The number of benzene rings is 2. The molecule has 5 heteroatoms. The van der Waals surface area contributed by atoms with Gasteiger partial charge < -0.3 is 16.2 Å². The SMILES string of the molecule is Cc1ccc(Nc2ccc(F)c(N)c2C(=O)O)cc1C. The van der Waals surface area contributed by atoms with Crippen LogP contribution in [0, 0.1) is 19.7 Å². The van der Waals surface area contributed by atoms with Crippen molar-refractivity contribution in [3.8, 4) is 0 Å². The molecule has 0 atom stereocenters. The predicted octanol–water partition coefficient (Wildman–Crippen LogP) is 3.47. The monoisotopic (exact) mass is 274 g/mol. The molecule has 0 aliphatic rings. The number of aryl methyl sites for hydroxylation is 2. The van der Waals surface area contributed by atoms with Gasteiger partial charge in [-0.3, -0.25) is 0 Å². The maximum Gasteiger partial charge on any atom is 0.340 e. The van der Waals surface area contributed by atoms with Crippen molar-refractivity contribution < 1.29 is 14.3 Å². The Hall–Kier alpha value is -2.56. The number of hydrogen-bond donors (Lipinski definition) is 3. The van der Waals surface area contributed by atoms with Gasteiger partial charge in [0.1, 0.15) is 11.4 Å². The van der Waals surface area contributed by atoms with E-state index in [1.54, 1.807) is 0 Å². The first-order valence-electron chi connectivity index (χ1n) is 6.05. The van der Waals surface area contributed by atoms with E-state index in [9.17, 15) is 9.18 Å². The van der Waals surface area contributed by atoms with E-state index in [1.165, 1.54) is 6.07 Å². The zero-order valence-corrected chi connectivity index (χ0v) is 11.2. The molecule has 0 amide bonds. The van der Waals surface area contributed by atoms with Crippen LogP contribution in [0.15, 0.2) is 30.3 Å². The van der Waals surface area contributed by atoms with E-state index in [0.29, 0.717) is 0 Å². The van der Waals surface area contributed by atoms with Crippen LogP contribution < -0.4 is 11.1 Å². The number of halogens is 1. The van der Waals surface area contributed by atoms with Gasteiger partial charge in [-0.25, -0.2) is 9.18 Å². The van der Waals surface area contributed by atoms with Crippen LogP contribution in [0.4, 0.5) is 21.5 Å². The molecule has 0 radical (unpaired) electrons. The molecule has 2 rings (SSSR count). The van der Waals surface area contributed by atoms with Crippen LogP contribution in [0.1, 0.15) is 21.5 Å². The van der Waals surface area contributed by atoms with E-state index in [2.05, 4.69) is 5.32 Å². The molecule has 0 aromatic heterocycles. The number of carbonyl (C=O) groups is 1. The third-order valence-electron chi connectivity index (χ3n) is 3.19.